The minimum Gasteiger partial charge on any atom is -0.411 e. The summed E-state index contributed by atoms with van der Waals surface area (Å²) in [6, 6.07) is 7.27. The van der Waals surface area contributed by atoms with Crippen molar-refractivity contribution in [3.63, 3.8) is 0 Å². The summed E-state index contributed by atoms with van der Waals surface area (Å²) in [4.78, 5) is 26.1. The van der Waals surface area contributed by atoms with E-state index in [1.165, 1.54) is 4.90 Å². The number of nitrogens with zero attached hydrogens (tertiary/aromatic N) is 3. The van der Waals surface area contributed by atoms with E-state index in [1.807, 2.05) is 31.2 Å². The van der Waals surface area contributed by atoms with Gasteiger partial charge in [0.05, 0.1) is 23.8 Å². The van der Waals surface area contributed by atoms with Crippen LogP contribution in [0.1, 0.15) is 18.9 Å². The van der Waals surface area contributed by atoms with Gasteiger partial charge in [-0.1, -0.05) is 29.5 Å². The van der Waals surface area contributed by atoms with Gasteiger partial charge in [0.15, 0.2) is 9.84 Å². The van der Waals surface area contributed by atoms with Crippen LogP contribution < -0.4 is 5.32 Å². The molecule has 1 aromatic heterocycles. The van der Waals surface area contributed by atoms with Crippen LogP contribution in [0.3, 0.4) is 0 Å². The van der Waals surface area contributed by atoms with Gasteiger partial charge < -0.3 is 14.6 Å². The number of carbonyl (C=O) groups excluding carboxylic acids is 2. The Kier molecular flexibility index (Phi) is 7.14. The topological polar surface area (TPSA) is 122 Å². The molecule has 1 unspecified atom stereocenters. The Labute approximate surface area is 179 Å². The Hall–Kier alpha value is -2.40. The maximum atomic E-state index is 12.5. The van der Waals surface area contributed by atoms with E-state index in [2.05, 4.69) is 15.5 Å². The van der Waals surface area contributed by atoms with Crippen LogP contribution >= 0.6 is 11.8 Å². The number of sulfone groups is 1. The molecule has 30 heavy (non-hydrogen) atoms. The smallest absolute Gasteiger partial charge is 0.277 e. The van der Waals surface area contributed by atoms with Crippen molar-refractivity contribution in [1.29, 1.82) is 0 Å². The fourth-order valence-electron chi connectivity index (χ4n) is 3.03. The van der Waals surface area contributed by atoms with Crippen LogP contribution in [-0.4, -0.2) is 71.7 Å². The lowest BCUT2D eigenvalue weighted by molar-refractivity contribution is -0.134. The Balaban J connectivity index is 1.49. The van der Waals surface area contributed by atoms with Crippen LogP contribution in [0.2, 0.25) is 0 Å². The third kappa shape index (κ3) is 6.05. The van der Waals surface area contributed by atoms with Gasteiger partial charge >= 0.3 is 0 Å². The van der Waals surface area contributed by atoms with Crippen molar-refractivity contribution in [2.45, 2.75) is 31.5 Å². The molecule has 1 aromatic carbocycles. The number of carbonyl (C=O) groups is 2. The van der Waals surface area contributed by atoms with E-state index >= 15 is 0 Å². The van der Waals surface area contributed by atoms with Crippen LogP contribution in [0.25, 0.3) is 11.5 Å². The molecular weight excluding hydrogens is 428 g/mol. The number of likely N-dealkylation sites (N-methyl/N-ethyl adjacent to an activating group) is 1. The summed E-state index contributed by atoms with van der Waals surface area (Å²) in [6.07, 6.45) is 0.407. The largest absolute Gasteiger partial charge is 0.411 e. The highest BCUT2D eigenvalue weighted by Gasteiger charge is 2.29. The number of benzene rings is 1. The van der Waals surface area contributed by atoms with Gasteiger partial charge in [0.25, 0.3) is 5.22 Å². The first-order chi connectivity index (χ1) is 14.3. The minimum atomic E-state index is -3.07. The lowest BCUT2D eigenvalue weighted by Crippen LogP contribution is -2.45. The average molecular weight is 453 g/mol. The van der Waals surface area contributed by atoms with E-state index in [1.54, 1.807) is 6.92 Å². The third-order valence-electron chi connectivity index (χ3n) is 4.69. The molecule has 1 aliphatic rings. The van der Waals surface area contributed by atoms with Crippen LogP contribution in [0.4, 0.5) is 0 Å². The molecule has 11 heteroatoms. The fourth-order valence-corrected chi connectivity index (χ4v) is 5.37. The standard InChI is InChI=1S/C19H24N4O5S2/c1-3-23(10-16(24)20-15-8-9-30(26,27)12-15)17(25)11-29-19-22-21-18(28-19)14-6-4-13(2)5-7-14/h4-7,15H,3,8-12H2,1-2H3,(H,20,24). The lowest BCUT2D eigenvalue weighted by Gasteiger charge is -2.21. The molecule has 1 atom stereocenters. The van der Waals surface area contributed by atoms with Gasteiger partial charge in [0.1, 0.15) is 0 Å². The molecule has 1 N–H and O–H groups in total. The number of hydrogen-bond donors (Lipinski definition) is 1. The molecule has 9 nitrogen and oxygen atoms in total. The van der Waals surface area contributed by atoms with Gasteiger partial charge in [-0.05, 0) is 32.4 Å². The third-order valence-corrected chi connectivity index (χ3v) is 7.26. The Morgan fingerprint density at radius 2 is 2.00 bits per heavy atom. The number of rotatable bonds is 8. The normalized spacial score (nSPS) is 17.6. The molecule has 2 aromatic rings. The molecule has 0 saturated carbocycles. The lowest BCUT2D eigenvalue weighted by atomic mass is 10.1. The van der Waals surface area contributed by atoms with Crippen molar-refractivity contribution in [3.05, 3.63) is 29.8 Å². The van der Waals surface area contributed by atoms with E-state index in [0.29, 0.717) is 18.9 Å². The van der Waals surface area contributed by atoms with Crippen LogP contribution in [0.15, 0.2) is 33.9 Å². The molecule has 0 aliphatic carbocycles. The molecule has 1 aliphatic heterocycles. The molecule has 0 bridgehead atoms. The highest BCUT2D eigenvalue weighted by atomic mass is 32.2. The number of thioether (sulfide) groups is 1. The van der Waals surface area contributed by atoms with Crippen molar-refractivity contribution in [2.75, 3.05) is 30.3 Å². The average Bonchev–Trinajstić information content (AvgIpc) is 3.31. The predicted octanol–water partition coefficient (Wildman–Crippen LogP) is 1.29. The van der Waals surface area contributed by atoms with Crippen LogP contribution in [-0.2, 0) is 19.4 Å². The summed E-state index contributed by atoms with van der Waals surface area (Å²) in [5.41, 5.74) is 1.92. The summed E-state index contributed by atoms with van der Waals surface area (Å²) < 4.78 is 28.6. The summed E-state index contributed by atoms with van der Waals surface area (Å²) >= 11 is 1.11. The molecule has 0 radical (unpaired) electrons. The van der Waals surface area contributed by atoms with E-state index in [-0.39, 0.29) is 46.9 Å². The molecule has 3 rings (SSSR count). The summed E-state index contributed by atoms with van der Waals surface area (Å²) in [5, 5.41) is 10.9. The zero-order valence-electron chi connectivity index (χ0n) is 16.8. The van der Waals surface area contributed by atoms with Gasteiger partial charge in [0.2, 0.25) is 17.7 Å². The first-order valence-electron chi connectivity index (χ1n) is 9.56. The molecule has 162 valence electrons. The molecular formula is C19H24N4O5S2. The Morgan fingerprint density at radius 3 is 2.63 bits per heavy atom. The molecule has 2 heterocycles. The number of nitrogens with one attached hydrogen (secondary N) is 1. The van der Waals surface area contributed by atoms with Crippen molar-refractivity contribution in [1.82, 2.24) is 20.4 Å². The molecule has 0 spiro atoms. The Morgan fingerprint density at radius 1 is 1.27 bits per heavy atom. The first-order valence-corrected chi connectivity index (χ1v) is 12.4. The van der Waals surface area contributed by atoms with Gasteiger partial charge in [-0.2, -0.15) is 0 Å². The Bertz CT molecular complexity index is 1000. The maximum Gasteiger partial charge on any atom is 0.277 e. The van der Waals surface area contributed by atoms with Crippen LogP contribution in [0, 0.1) is 6.92 Å². The SMILES string of the molecule is CCN(CC(=O)NC1CCS(=O)(=O)C1)C(=O)CSc1nnc(-c2ccc(C)cc2)o1. The fraction of sp³-hybridized carbons (Fsp3) is 0.474. The monoisotopic (exact) mass is 452 g/mol. The zero-order chi connectivity index (χ0) is 21.7. The second-order valence-corrected chi connectivity index (χ2v) is 10.3. The van der Waals surface area contributed by atoms with Crippen molar-refractivity contribution >= 4 is 33.4 Å². The van der Waals surface area contributed by atoms with Crippen LogP contribution in [0.5, 0.6) is 0 Å². The predicted molar refractivity (Wildman–Crippen MR) is 113 cm³/mol. The van der Waals surface area contributed by atoms with E-state index < -0.39 is 9.84 Å². The van der Waals surface area contributed by atoms with E-state index in [9.17, 15) is 18.0 Å². The summed E-state index contributed by atoms with van der Waals surface area (Å²) in [6.45, 7) is 4.00. The molecule has 2 amide bonds. The van der Waals surface area contributed by atoms with Crippen molar-refractivity contribution in [3.8, 4) is 11.5 Å². The van der Waals surface area contributed by atoms with Gasteiger partial charge in [-0.15, -0.1) is 10.2 Å². The quantitative estimate of drug-likeness (QED) is 0.595. The maximum absolute atomic E-state index is 12.5. The summed E-state index contributed by atoms with van der Waals surface area (Å²) in [7, 11) is -3.07. The number of amides is 2. The number of aromatic nitrogens is 2. The number of aryl methyl sites for hydroxylation is 1. The molecule has 1 fully saturated rings. The highest BCUT2D eigenvalue weighted by molar-refractivity contribution is 7.99. The van der Waals surface area contributed by atoms with Gasteiger partial charge in [-0.25, -0.2) is 8.42 Å². The summed E-state index contributed by atoms with van der Waals surface area (Å²) in [5.74, 6) is -0.143. The van der Waals surface area contributed by atoms with E-state index in [4.69, 9.17) is 4.42 Å². The number of hydrogen-bond acceptors (Lipinski definition) is 8. The van der Waals surface area contributed by atoms with E-state index in [0.717, 1.165) is 22.9 Å². The van der Waals surface area contributed by atoms with Gasteiger partial charge in [0, 0.05) is 18.2 Å². The zero-order valence-corrected chi connectivity index (χ0v) is 18.5. The minimum absolute atomic E-state index is 0.0465. The van der Waals surface area contributed by atoms with Crippen molar-refractivity contribution < 1.29 is 22.4 Å². The van der Waals surface area contributed by atoms with Crippen molar-refractivity contribution in [2.24, 2.45) is 0 Å². The second kappa shape index (κ2) is 9.61. The van der Waals surface area contributed by atoms with Gasteiger partial charge in [-0.3, -0.25) is 9.59 Å². The first kappa shape index (κ1) is 22.3. The highest BCUT2D eigenvalue weighted by Crippen LogP contribution is 2.23. The molecule has 1 saturated heterocycles. The second-order valence-electron chi connectivity index (χ2n) is 7.10.